The monoisotopic (exact) mass is 289 g/mol. The zero-order valence-corrected chi connectivity index (χ0v) is 14.1. The molecule has 1 aliphatic rings. The summed E-state index contributed by atoms with van der Waals surface area (Å²) in [6, 6.07) is 9.99. The van der Waals surface area contributed by atoms with Crippen LogP contribution in [-0.2, 0) is 0 Å². The third-order valence-corrected chi connectivity index (χ3v) is 4.74. The minimum Gasteiger partial charge on any atom is -0.309 e. The Bertz CT molecular complexity index is 422. The molecular weight excluding hydrogens is 258 g/mol. The van der Waals surface area contributed by atoms with Crippen molar-refractivity contribution in [3.05, 3.63) is 35.4 Å². The molecule has 3 nitrogen and oxygen atoms in total. The van der Waals surface area contributed by atoms with Crippen LogP contribution in [0.1, 0.15) is 36.9 Å². The lowest BCUT2D eigenvalue weighted by atomic mass is 9.98. The molecule has 0 amide bonds. The topological polar surface area (TPSA) is 18.5 Å². The minimum atomic E-state index is 0.451. The lowest BCUT2D eigenvalue weighted by Gasteiger charge is -2.37. The van der Waals surface area contributed by atoms with Gasteiger partial charge in [0.15, 0.2) is 0 Å². The number of likely N-dealkylation sites (N-methyl/N-ethyl adjacent to an activating group) is 1. The second-order valence-corrected chi connectivity index (χ2v) is 6.46. The lowest BCUT2D eigenvalue weighted by Crippen LogP contribution is -2.45. The van der Waals surface area contributed by atoms with Crippen LogP contribution < -0.4 is 5.32 Å². The van der Waals surface area contributed by atoms with E-state index in [0.29, 0.717) is 6.04 Å². The number of benzene rings is 1. The number of hydrogen-bond donors (Lipinski definition) is 1. The molecule has 2 rings (SSSR count). The van der Waals surface area contributed by atoms with Crippen LogP contribution in [0.5, 0.6) is 0 Å². The van der Waals surface area contributed by atoms with E-state index < -0.39 is 0 Å². The van der Waals surface area contributed by atoms with E-state index in [-0.39, 0.29) is 0 Å². The summed E-state index contributed by atoms with van der Waals surface area (Å²) in [7, 11) is 4.41. The first-order chi connectivity index (χ1) is 10.1. The Labute approximate surface area is 130 Å². The van der Waals surface area contributed by atoms with Crippen molar-refractivity contribution < 1.29 is 0 Å². The number of likely N-dealkylation sites (tertiary alicyclic amines) is 1. The van der Waals surface area contributed by atoms with Gasteiger partial charge >= 0.3 is 0 Å². The van der Waals surface area contributed by atoms with Crippen LogP contribution in [0.15, 0.2) is 24.3 Å². The van der Waals surface area contributed by atoms with Gasteiger partial charge in [-0.05, 0) is 64.6 Å². The predicted molar refractivity (Wildman–Crippen MR) is 90.7 cm³/mol. The van der Waals surface area contributed by atoms with E-state index >= 15 is 0 Å². The average molecular weight is 289 g/mol. The molecule has 0 radical (unpaired) electrons. The highest BCUT2D eigenvalue weighted by molar-refractivity contribution is 5.29. The molecule has 118 valence electrons. The van der Waals surface area contributed by atoms with Gasteiger partial charge in [0.2, 0.25) is 0 Å². The Morgan fingerprint density at radius 3 is 2.48 bits per heavy atom. The summed E-state index contributed by atoms with van der Waals surface area (Å²) in [6.07, 6.45) is 2.58. The molecular formula is C18H31N3. The molecule has 1 aliphatic heterocycles. The fraction of sp³-hybridized carbons (Fsp3) is 0.667. The van der Waals surface area contributed by atoms with Gasteiger partial charge in [0, 0.05) is 18.6 Å². The largest absolute Gasteiger partial charge is 0.309 e. The van der Waals surface area contributed by atoms with Crippen LogP contribution in [0.2, 0.25) is 0 Å². The average Bonchev–Trinajstić information content (AvgIpc) is 2.48. The van der Waals surface area contributed by atoms with Crippen LogP contribution in [0.3, 0.4) is 0 Å². The van der Waals surface area contributed by atoms with E-state index in [2.05, 4.69) is 67.3 Å². The van der Waals surface area contributed by atoms with Crippen molar-refractivity contribution in [2.24, 2.45) is 0 Å². The number of nitrogens with one attached hydrogen (secondary N) is 1. The van der Waals surface area contributed by atoms with E-state index in [9.17, 15) is 0 Å². The van der Waals surface area contributed by atoms with E-state index in [1.54, 1.807) is 0 Å². The first kappa shape index (κ1) is 16.5. The normalized spacial score (nSPS) is 19.1. The van der Waals surface area contributed by atoms with Gasteiger partial charge in [-0.25, -0.2) is 0 Å². The van der Waals surface area contributed by atoms with Gasteiger partial charge in [0.25, 0.3) is 0 Å². The van der Waals surface area contributed by atoms with Gasteiger partial charge in [0.1, 0.15) is 0 Å². The zero-order valence-electron chi connectivity index (χ0n) is 14.1. The van der Waals surface area contributed by atoms with E-state index in [4.69, 9.17) is 0 Å². The fourth-order valence-corrected chi connectivity index (χ4v) is 3.37. The summed E-state index contributed by atoms with van der Waals surface area (Å²) < 4.78 is 0. The van der Waals surface area contributed by atoms with Gasteiger partial charge in [-0.15, -0.1) is 0 Å². The van der Waals surface area contributed by atoms with Gasteiger partial charge < -0.3 is 15.1 Å². The summed E-state index contributed by atoms with van der Waals surface area (Å²) in [4.78, 5) is 5.00. The van der Waals surface area contributed by atoms with Crippen molar-refractivity contribution in [1.82, 2.24) is 15.1 Å². The molecule has 1 saturated heterocycles. The number of nitrogens with zero attached hydrogens (tertiary/aromatic N) is 2. The molecule has 1 heterocycles. The molecule has 1 fully saturated rings. The molecule has 0 bridgehead atoms. The van der Waals surface area contributed by atoms with Gasteiger partial charge in [-0.1, -0.05) is 31.2 Å². The lowest BCUT2D eigenvalue weighted by molar-refractivity contribution is 0.135. The molecule has 3 heteroatoms. The maximum Gasteiger partial charge on any atom is 0.0451 e. The van der Waals surface area contributed by atoms with Crippen molar-refractivity contribution in [3.63, 3.8) is 0 Å². The molecule has 0 spiro atoms. The Balaban J connectivity index is 1.97. The zero-order chi connectivity index (χ0) is 15.2. The molecule has 0 aliphatic carbocycles. The second-order valence-electron chi connectivity index (χ2n) is 6.46. The molecule has 1 unspecified atom stereocenters. The quantitative estimate of drug-likeness (QED) is 0.868. The number of piperidine rings is 1. The van der Waals surface area contributed by atoms with Gasteiger partial charge in [-0.3, -0.25) is 0 Å². The molecule has 1 aromatic carbocycles. The Hall–Kier alpha value is -0.900. The maximum atomic E-state index is 3.67. The Morgan fingerprint density at radius 2 is 1.90 bits per heavy atom. The van der Waals surface area contributed by atoms with Crippen molar-refractivity contribution in [2.75, 3.05) is 40.3 Å². The molecule has 0 saturated carbocycles. The number of rotatable bonds is 6. The van der Waals surface area contributed by atoms with Crippen molar-refractivity contribution in [3.8, 4) is 0 Å². The third-order valence-electron chi connectivity index (χ3n) is 4.74. The van der Waals surface area contributed by atoms with Crippen molar-refractivity contribution >= 4 is 0 Å². The van der Waals surface area contributed by atoms with Crippen molar-refractivity contribution in [1.29, 1.82) is 0 Å². The van der Waals surface area contributed by atoms with Crippen LogP contribution in [0.25, 0.3) is 0 Å². The Morgan fingerprint density at radius 1 is 1.24 bits per heavy atom. The maximum absolute atomic E-state index is 3.67. The molecule has 0 aromatic heterocycles. The highest BCUT2D eigenvalue weighted by atomic mass is 15.2. The van der Waals surface area contributed by atoms with Gasteiger partial charge in [-0.2, -0.15) is 0 Å². The van der Waals surface area contributed by atoms with Crippen LogP contribution in [-0.4, -0.2) is 56.1 Å². The standard InChI is InChI=1S/C18H31N3/c1-5-19-18(17-9-7-6-8-15(17)2)14-21-12-10-16(11-13-21)20(3)4/h6-9,16,18-19H,5,10-14H2,1-4H3. The smallest absolute Gasteiger partial charge is 0.0451 e. The first-order valence-electron chi connectivity index (χ1n) is 8.29. The van der Waals surface area contributed by atoms with Crippen LogP contribution in [0, 0.1) is 6.92 Å². The summed E-state index contributed by atoms with van der Waals surface area (Å²) in [5.74, 6) is 0. The molecule has 1 N–H and O–H groups in total. The fourth-order valence-electron chi connectivity index (χ4n) is 3.37. The summed E-state index contributed by atoms with van der Waals surface area (Å²) in [5, 5.41) is 3.67. The number of aryl methyl sites for hydroxylation is 1. The highest BCUT2D eigenvalue weighted by Gasteiger charge is 2.23. The molecule has 21 heavy (non-hydrogen) atoms. The first-order valence-corrected chi connectivity index (χ1v) is 8.29. The summed E-state index contributed by atoms with van der Waals surface area (Å²) in [5.41, 5.74) is 2.85. The van der Waals surface area contributed by atoms with Crippen molar-refractivity contribution in [2.45, 2.75) is 38.8 Å². The van der Waals surface area contributed by atoms with E-state index in [1.807, 2.05) is 0 Å². The van der Waals surface area contributed by atoms with E-state index in [0.717, 1.165) is 19.1 Å². The minimum absolute atomic E-state index is 0.451. The summed E-state index contributed by atoms with van der Waals surface area (Å²) in [6.45, 7) is 9.00. The van der Waals surface area contributed by atoms with Crippen LogP contribution >= 0.6 is 0 Å². The molecule has 1 aromatic rings. The van der Waals surface area contributed by atoms with Crippen LogP contribution in [0.4, 0.5) is 0 Å². The second kappa shape index (κ2) is 7.92. The number of hydrogen-bond acceptors (Lipinski definition) is 3. The van der Waals surface area contributed by atoms with Gasteiger partial charge in [0.05, 0.1) is 0 Å². The Kier molecular flexibility index (Phi) is 6.22. The highest BCUT2D eigenvalue weighted by Crippen LogP contribution is 2.21. The van der Waals surface area contributed by atoms with E-state index in [1.165, 1.54) is 37.1 Å². The predicted octanol–water partition coefficient (Wildman–Crippen LogP) is 2.67. The third kappa shape index (κ3) is 4.53. The summed E-state index contributed by atoms with van der Waals surface area (Å²) >= 11 is 0. The SMILES string of the molecule is CCNC(CN1CCC(N(C)C)CC1)c1ccccc1C. The molecule has 1 atom stereocenters.